The normalized spacial score (nSPS) is 15.4. The standard InChI is InChI=1S/C17H27N3O.ClH/c1-20(14-15-6-3-2-4-7-15)13-5-10-19-17(21)16-8-11-18-12-9-16;/h2-4,6-7,16,18H,5,8-14H2,1H3,(H,19,21);1H. The molecule has 1 fully saturated rings. The summed E-state index contributed by atoms with van der Waals surface area (Å²) in [4.78, 5) is 14.3. The molecule has 1 aromatic carbocycles. The van der Waals surface area contributed by atoms with Crippen molar-refractivity contribution in [1.82, 2.24) is 15.5 Å². The van der Waals surface area contributed by atoms with Crippen LogP contribution in [0.4, 0.5) is 0 Å². The maximum absolute atomic E-state index is 12.0. The van der Waals surface area contributed by atoms with E-state index in [1.807, 2.05) is 6.07 Å². The molecule has 1 aliphatic heterocycles. The summed E-state index contributed by atoms with van der Waals surface area (Å²) in [6.07, 6.45) is 2.94. The molecule has 1 heterocycles. The first-order valence-corrected chi connectivity index (χ1v) is 7.96. The molecule has 1 aromatic rings. The van der Waals surface area contributed by atoms with Crippen LogP contribution in [-0.2, 0) is 11.3 Å². The Balaban J connectivity index is 0.00000242. The van der Waals surface area contributed by atoms with Gasteiger partial charge in [0, 0.05) is 19.0 Å². The lowest BCUT2D eigenvalue weighted by Crippen LogP contribution is -2.39. The van der Waals surface area contributed by atoms with Gasteiger partial charge in [-0.25, -0.2) is 0 Å². The Kier molecular flexibility index (Phi) is 9.13. The summed E-state index contributed by atoms with van der Waals surface area (Å²) < 4.78 is 0. The number of nitrogens with one attached hydrogen (secondary N) is 2. The zero-order valence-electron chi connectivity index (χ0n) is 13.4. The van der Waals surface area contributed by atoms with Crippen molar-refractivity contribution < 1.29 is 4.79 Å². The number of halogens is 1. The van der Waals surface area contributed by atoms with Gasteiger partial charge >= 0.3 is 0 Å². The SMILES string of the molecule is CN(CCCNC(=O)C1CCNCC1)Cc1ccccc1.Cl. The lowest BCUT2D eigenvalue weighted by atomic mass is 9.97. The first-order chi connectivity index (χ1) is 10.3. The molecule has 4 nitrogen and oxygen atoms in total. The maximum Gasteiger partial charge on any atom is 0.223 e. The molecule has 124 valence electrons. The van der Waals surface area contributed by atoms with Gasteiger partial charge in [0.25, 0.3) is 0 Å². The lowest BCUT2D eigenvalue weighted by Gasteiger charge is -2.22. The molecule has 0 spiro atoms. The van der Waals surface area contributed by atoms with Gasteiger partial charge in [-0.1, -0.05) is 30.3 Å². The van der Waals surface area contributed by atoms with E-state index in [1.165, 1.54) is 5.56 Å². The minimum absolute atomic E-state index is 0. The fourth-order valence-electron chi connectivity index (χ4n) is 2.76. The summed E-state index contributed by atoms with van der Waals surface area (Å²) in [6.45, 7) is 4.68. The third-order valence-electron chi connectivity index (χ3n) is 4.02. The summed E-state index contributed by atoms with van der Waals surface area (Å²) in [5.74, 6) is 0.454. The Morgan fingerprint density at radius 3 is 2.64 bits per heavy atom. The Hall–Kier alpha value is -1.10. The van der Waals surface area contributed by atoms with Crippen LogP contribution < -0.4 is 10.6 Å². The fraction of sp³-hybridized carbons (Fsp3) is 0.588. The highest BCUT2D eigenvalue weighted by atomic mass is 35.5. The van der Waals surface area contributed by atoms with Crippen LogP contribution >= 0.6 is 12.4 Å². The second-order valence-electron chi connectivity index (χ2n) is 5.89. The van der Waals surface area contributed by atoms with Gasteiger partial charge in [-0.05, 0) is 51.5 Å². The van der Waals surface area contributed by atoms with Crippen LogP contribution in [0.5, 0.6) is 0 Å². The first kappa shape index (κ1) is 18.9. The van der Waals surface area contributed by atoms with Crippen molar-refractivity contribution in [2.45, 2.75) is 25.8 Å². The van der Waals surface area contributed by atoms with E-state index < -0.39 is 0 Å². The van der Waals surface area contributed by atoms with E-state index in [9.17, 15) is 4.79 Å². The quantitative estimate of drug-likeness (QED) is 0.754. The largest absolute Gasteiger partial charge is 0.356 e. The molecular formula is C17H28ClN3O. The third kappa shape index (κ3) is 6.77. The highest BCUT2D eigenvalue weighted by Crippen LogP contribution is 2.11. The molecule has 5 heteroatoms. The monoisotopic (exact) mass is 325 g/mol. The number of hydrogen-bond donors (Lipinski definition) is 2. The van der Waals surface area contributed by atoms with Gasteiger partial charge in [0.05, 0.1) is 0 Å². The molecule has 1 saturated heterocycles. The van der Waals surface area contributed by atoms with Crippen LogP contribution in [0, 0.1) is 5.92 Å². The molecule has 1 aliphatic rings. The Morgan fingerprint density at radius 2 is 1.95 bits per heavy atom. The zero-order valence-corrected chi connectivity index (χ0v) is 14.2. The van der Waals surface area contributed by atoms with Crippen LogP contribution in [0.3, 0.4) is 0 Å². The maximum atomic E-state index is 12.0. The van der Waals surface area contributed by atoms with Crippen LogP contribution in [0.25, 0.3) is 0 Å². The van der Waals surface area contributed by atoms with Crippen molar-refractivity contribution in [2.75, 3.05) is 33.2 Å². The molecular weight excluding hydrogens is 298 g/mol. The number of carbonyl (C=O) groups excluding carboxylic acids is 1. The second kappa shape index (κ2) is 10.6. The van der Waals surface area contributed by atoms with E-state index in [-0.39, 0.29) is 24.2 Å². The number of amides is 1. The highest BCUT2D eigenvalue weighted by Gasteiger charge is 2.20. The van der Waals surface area contributed by atoms with Gasteiger partial charge in [0.2, 0.25) is 5.91 Å². The lowest BCUT2D eigenvalue weighted by molar-refractivity contribution is -0.125. The number of piperidine rings is 1. The number of carbonyl (C=O) groups is 1. The van der Waals surface area contributed by atoms with E-state index in [0.29, 0.717) is 0 Å². The average Bonchev–Trinajstić information content (AvgIpc) is 2.53. The Labute approximate surface area is 140 Å². The molecule has 0 radical (unpaired) electrons. The fourth-order valence-corrected chi connectivity index (χ4v) is 2.76. The zero-order chi connectivity index (χ0) is 14.9. The van der Waals surface area contributed by atoms with Gasteiger partial charge < -0.3 is 15.5 Å². The first-order valence-electron chi connectivity index (χ1n) is 7.96. The van der Waals surface area contributed by atoms with Crippen LogP contribution in [-0.4, -0.2) is 44.0 Å². The smallest absolute Gasteiger partial charge is 0.223 e. The summed E-state index contributed by atoms with van der Waals surface area (Å²) >= 11 is 0. The van der Waals surface area contributed by atoms with Gasteiger partial charge in [0.1, 0.15) is 0 Å². The molecule has 2 rings (SSSR count). The van der Waals surface area contributed by atoms with Crippen molar-refractivity contribution in [3.8, 4) is 0 Å². The van der Waals surface area contributed by atoms with Crippen LogP contribution in [0.2, 0.25) is 0 Å². The molecule has 0 aliphatic carbocycles. The van der Waals surface area contributed by atoms with Gasteiger partial charge in [-0.3, -0.25) is 4.79 Å². The van der Waals surface area contributed by atoms with Crippen LogP contribution in [0.1, 0.15) is 24.8 Å². The van der Waals surface area contributed by atoms with E-state index >= 15 is 0 Å². The predicted molar refractivity (Wildman–Crippen MR) is 93.2 cm³/mol. The Morgan fingerprint density at radius 1 is 1.27 bits per heavy atom. The second-order valence-corrected chi connectivity index (χ2v) is 5.89. The molecule has 22 heavy (non-hydrogen) atoms. The number of nitrogens with zero attached hydrogens (tertiary/aromatic N) is 1. The van der Waals surface area contributed by atoms with Gasteiger partial charge in [-0.15, -0.1) is 12.4 Å². The molecule has 0 saturated carbocycles. The number of rotatable bonds is 7. The highest BCUT2D eigenvalue weighted by molar-refractivity contribution is 5.85. The minimum Gasteiger partial charge on any atom is -0.356 e. The number of hydrogen-bond acceptors (Lipinski definition) is 3. The predicted octanol–water partition coefficient (Wildman–Crippen LogP) is 2.05. The topological polar surface area (TPSA) is 44.4 Å². The average molecular weight is 326 g/mol. The van der Waals surface area contributed by atoms with E-state index in [1.54, 1.807) is 0 Å². The molecule has 2 N–H and O–H groups in total. The van der Waals surface area contributed by atoms with Crippen molar-refractivity contribution in [3.63, 3.8) is 0 Å². The van der Waals surface area contributed by atoms with Crippen LogP contribution in [0.15, 0.2) is 30.3 Å². The molecule has 0 bridgehead atoms. The summed E-state index contributed by atoms with van der Waals surface area (Å²) in [5, 5.41) is 6.37. The number of benzene rings is 1. The summed E-state index contributed by atoms with van der Waals surface area (Å²) in [6, 6.07) is 10.5. The van der Waals surface area contributed by atoms with Gasteiger partial charge in [-0.2, -0.15) is 0 Å². The van der Waals surface area contributed by atoms with E-state index in [0.717, 1.165) is 52.0 Å². The van der Waals surface area contributed by atoms with E-state index in [4.69, 9.17) is 0 Å². The van der Waals surface area contributed by atoms with Crippen molar-refractivity contribution in [2.24, 2.45) is 5.92 Å². The molecule has 0 atom stereocenters. The van der Waals surface area contributed by atoms with Crippen molar-refractivity contribution in [3.05, 3.63) is 35.9 Å². The molecule has 0 unspecified atom stereocenters. The molecule has 0 aromatic heterocycles. The summed E-state index contributed by atoms with van der Waals surface area (Å²) in [7, 11) is 2.13. The van der Waals surface area contributed by atoms with Gasteiger partial charge in [0.15, 0.2) is 0 Å². The van der Waals surface area contributed by atoms with E-state index in [2.05, 4.69) is 46.8 Å². The third-order valence-corrected chi connectivity index (χ3v) is 4.02. The minimum atomic E-state index is 0. The van der Waals surface area contributed by atoms with Crippen molar-refractivity contribution >= 4 is 18.3 Å². The molecule has 1 amide bonds. The van der Waals surface area contributed by atoms with Crippen molar-refractivity contribution in [1.29, 1.82) is 0 Å². The summed E-state index contributed by atoms with van der Waals surface area (Å²) in [5.41, 5.74) is 1.33. The Bertz CT molecular complexity index is 421.